The molecule has 41 heavy (non-hydrogen) atoms. The Balaban J connectivity index is 2.51. The molecule has 0 radical (unpaired) electrons. The summed E-state index contributed by atoms with van der Waals surface area (Å²) in [4.78, 5) is 25.8. The monoisotopic (exact) mass is 572 g/mol. The summed E-state index contributed by atoms with van der Waals surface area (Å²) in [5.41, 5.74) is 1.08. The van der Waals surface area contributed by atoms with Crippen LogP contribution < -0.4 is 15.4 Å². The smallest absolute Gasteiger partial charge is 0.255 e. The van der Waals surface area contributed by atoms with Crippen molar-refractivity contribution in [1.29, 1.82) is 0 Å². The highest BCUT2D eigenvalue weighted by Gasteiger charge is 2.16. The fourth-order valence-corrected chi connectivity index (χ4v) is 5.15. The predicted molar refractivity (Wildman–Crippen MR) is 175 cm³/mol. The molecular formula is C36H64N2O3. The first-order valence-electron chi connectivity index (χ1n) is 17.5. The van der Waals surface area contributed by atoms with E-state index in [1.54, 1.807) is 18.2 Å². The van der Waals surface area contributed by atoms with E-state index < -0.39 is 0 Å². The van der Waals surface area contributed by atoms with Crippen molar-refractivity contribution in [1.82, 2.24) is 10.6 Å². The van der Waals surface area contributed by atoms with E-state index >= 15 is 0 Å². The average molecular weight is 573 g/mol. The van der Waals surface area contributed by atoms with Gasteiger partial charge in [0.15, 0.2) is 0 Å². The van der Waals surface area contributed by atoms with E-state index in [-0.39, 0.29) is 11.8 Å². The molecule has 1 aromatic carbocycles. The highest BCUT2D eigenvalue weighted by molar-refractivity contribution is 6.00. The van der Waals surface area contributed by atoms with Crippen molar-refractivity contribution in [2.24, 2.45) is 0 Å². The summed E-state index contributed by atoms with van der Waals surface area (Å²) in [7, 11) is 0. The number of carbonyl (C=O) groups excluding carboxylic acids is 2. The molecule has 0 unspecified atom stereocenters. The number of ether oxygens (including phenoxy) is 1. The van der Waals surface area contributed by atoms with Crippen LogP contribution in [0.1, 0.15) is 183 Å². The van der Waals surface area contributed by atoms with Crippen molar-refractivity contribution in [2.45, 2.75) is 162 Å². The number of unbranched alkanes of at least 4 members (excludes halogenated alkanes) is 19. The molecule has 0 spiro atoms. The Hall–Kier alpha value is -2.04. The van der Waals surface area contributed by atoms with Crippen molar-refractivity contribution in [3.05, 3.63) is 29.3 Å². The molecule has 0 saturated heterocycles. The minimum Gasteiger partial charge on any atom is -0.493 e. The second-order valence-electron chi connectivity index (χ2n) is 11.8. The topological polar surface area (TPSA) is 67.4 Å². The van der Waals surface area contributed by atoms with Crippen LogP contribution in [0.25, 0.3) is 0 Å². The molecule has 0 heterocycles. The van der Waals surface area contributed by atoms with Gasteiger partial charge >= 0.3 is 0 Å². The van der Waals surface area contributed by atoms with Gasteiger partial charge in [-0.2, -0.15) is 0 Å². The van der Waals surface area contributed by atoms with Gasteiger partial charge in [-0.25, -0.2) is 0 Å². The van der Waals surface area contributed by atoms with Crippen molar-refractivity contribution in [3.63, 3.8) is 0 Å². The third-order valence-electron chi connectivity index (χ3n) is 7.88. The van der Waals surface area contributed by atoms with E-state index in [2.05, 4.69) is 31.4 Å². The lowest BCUT2D eigenvalue weighted by atomic mass is 10.1. The second-order valence-corrected chi connectivity index (χ2v) is 11.8. The number of carbonyl (C=O) groups is 2. The van der Waals surface area contributed by atoms with Crippen LogP contribution in [0.4, 0.5) is 0 Å². The average Bonchev–Trinajstić information content (AvgIpc) is 2.98. The second kappa shape index (κ2) is 26.8. The SMILES string of the molecule is CCCCCCCCCCCCCCOc1cc(C(=O)NCCCCCCC)ccc1C(=O)NCCCCCCC. The van der Waals surface area contributed by atoms with Crippen LogP contribution in [0.5, 0.6) is 5.75 Å². The van der Waals surface area contributed by atoms with Gasteiger partial charge in [-0.3, -0.25) is 9.59 Å². The molecule has 1 aromatic rings. The molecule has 0 aromatic heterocycles. The maximum absolute atomic E-state index is 13.0. The maximum Gasteiger partial charge on any atom is 0.255 e. The van der Waals surface area contributed by atoms with Gasteiger partial charge in [-0.1, -0.05) is 143 Å². The molecule has 0 aliphatic rings. The molecule has 2 N–H and O–H groups in total. The minimum atomic E-state index is -0.118. The van der Waals surface area contributed by atoms with E-state index in [0.29, 0.717) is 36.6 Å². The van der Waals surface area contributed by atoms with Crippen molar-refractivity contribution < 1.29 is 14.3 Å². The molecule has 0 atom stereocenters. The molecule has 5 nitrogen and oxygen atoms in total. The molecule has 0 saturated carbocycles. The molecule has 236 valence electrons. The van der Waals surface area contributed by atoms with Gasteiger partial charge in [0, 0.05) is 18.7 Å². The fraction of sp³-hybridized carbons (Fsp3) is 0.778. The third kappa shape index (κ3) is 19.7. The maximum atomic E-state index is 13.0. The lowest BCUT2D eigenvalue weighted by Gasteiger charge is -2.14. The molecule has 2 amide bonds. The number of nitrogens with one attached hydrogen (secondary N) is 2. The summed E-state index contributed by atoms with van der Waals surface area (Å²) in [6.07, 6.45) is 27.1. The molecule has 1 rings (SSSR count). The summed E-state index contributed by atoms with van der Waals surface area (Å²) in [6.45, 7) is 8.59. The van der Waals surface area contributed by atoms with Gasteiger partial charge in [0.05, 0.1) is 12.2 Å². The Morgan fingerprint density at radius 2 is 0.951 bits per heavy atom. The molecule has 0 bridgehead atoms. The Kier molecular flexibility index (Phi) is 24.2. The van der Waals surface area contributed by atoms with Gasteiger partial charge in [-0.15, -0.1) is 0 Å². The van der Waals surface area contributed by atoms with Gasteiger partial charge < -0.3 is 15.4 Å². The summed E-state index contributed by atoms with van der Waals surface area (Å²) < 4.78 is 6.13. The van der Waals surface area contributed by atoms with Gasteiger partial charge in [0.1, 0.15) is 5.75 Å². The van der Waals surface area contributed by atoms with Crippen molar-refractivity contribution >= 4 is 11.8 Å². The van der Waals surface area contributed by atoms with Crippen LogP contribution >= 0.6 is 0 Å². The van der Waals surface area contributed by atoms with E-state index in [1.165, 1.54) is 103 Å². The Labute approximate surface area is 253 Å². The van der Waals surface area contributed by atoms with Crippen molar-refractivity contribution in [2.75, 3.05) is 19.7 Å². The number of hydrogen-bond donors (Lipinski definition) is 2. The third-order valence-corrected chi connectivity index (χ3v) is 7.88. The highest BCUT2D eigenvalue weighted by Crippen LogP contribution is 2.22. The Bertz CT molecular complexity index is 780. The summed E-state index contributed by atoms with van der Waals surface area (Å²) >= 11 is 0. The van der Waals surface area contributed by atoms with Gasteiger partial charge in [0.25, 0.3) is 11.8 Å². The van der Waals surface area contributed by atoms with Crippen LogP contribution in [-0.2, 0) is 0 Å². The number of amides is 2. The highest BCUT2D eigenvalue weighted by atomic mass is 16.5. The lowest BCUT2D eigenvalue weighted by molar-refractivity contribution is 0.0937. The molecule has 0 fully saturated rings. The van der Waals surface area contributed by atoms with E-state index in [1.807, 2.05) is 0 Å². The summed E-state index contributed by atoms with van der Waals surface area (Å²) in [5.74, 6) is 0.304. The largest absolute Gasteiger partial charge is 0.493 e. The summed E-state index contributed by atoms with van der Waals surface area (Å²) in [6, 6.07) is 5.25. The molecule has 5 heteroatoms. The number of hydrogen-bond acceptors (Lipinski definition) is 3. The van der Waals surface area contributed by atoms with E-state index in [0.717, 1.165) is 38.5 Å². The van der Waals surface area contributed by atoms with Gasteiger partial charge in [-0.05, 0) is 37.5 Å². The normalized spacial score (nSPS) is 11.0. The predicted octanol–water partition coefficient (Wildman–Crippen LogP) is 10.2. The zero-order valence-corrected chi connectivity index (χ0v) is 27.1. The first-order valence-corrected chi connectivity index (χ1v) is 17.5. The van der Waals surface area contributed by atoms with Crippen LogP contribution in [0.3, 0.4) is 0 Å². The molecule has 0 aliphatic carbocycles. The van der Waals surface area contributed by atoms with Crippen LogP contribution in [0, 0.1) is 0 Å². The van der Waals surface area contributed by atoms with E-state index in [9.17, 15) is 9.59 Å². The Morgan fingerprint density at radius 1 is 0.537 bits per heavy atom. The van der Waals surface area contributed by atoms with Crippen LogP contribution in [0.2, 0.25) is 0 Å². The first-order chi connectivity index (χ1) is 20.1. The standard InChI is InChI=1S/C36H64N2O3/c1-4-7-10-13-14-15-16-17-18-19-22-25-30-41-34-31-32(35(39)37-28-23-20-11-8-5-2)26-27-33(34)36(40)38-29-24-21-12-9-6-3/h26-27,31H,4-25,28-30H2,1-3H3,(H,37,39)(H,38,40). The molecule has 0 aliphatic heterocycles. The minimum absolute atomic E-state index is 0.0985. The Morgan fingerprint density at radius 3 is 1.44 bits per heavy atom. The van der Waals surface area contributed by atoms with E-state index in [4.69, 9.17) is 4.74 Å². The fourth-order valence-electron chi connectivity index (χ4n) is 5.15. The van der Waals surface area contributed by atoms with Gasteiger partial charge in [0.2, 0.25) is 0 Å². The van der Waals surface area contributed by atoms with Crippen LogP contribution in [0.15, 0.2) is 18.2 Å². The quantitative estimate of drug-likeness (QED) is 0.0982. The lowest BCUT2D eigenvalue weighted by Crippen LogP contribution is -2.26. The zero-order chi connectivity index (χ0) is 29.8. The van der Waals surface area contributed by atoms with Crippen molar-refractivity contribution in [3.8, 4) is 5.75 Å². The molecular weight excluding hydrogens is 508 g/mol. The number of rotatable bonds is 28. The first kappa shape index (κ1) is 37.0. The number of benzene rings is 1. The van der Waals surface area contributed by atoms with Crippen LogP contribution in [-0.4, -0.2) is 31.5 Å². The zero-order valence-electron chi connectivity index (χ0n) is 27.1. The summed E-state index contributed by atoms with van der Waals surface area (Å²) in [5, 5.41) is 6.09.